The summed E-state index contributed by atoms with van der Waals surface area (Å²) in [5.74, 6) is 0. The third-order valence-corrected chi connectivity index (χ3v) is 3.26. The predicted octanol–water partition coefficient (Wildman–Crippen LogP) is -5.12. The summed E-state index contributed by atoms with van der Waals surface area (Å²) in [6, 6.07) is 0. The minimum atomic E-state index is -1.68. The molecular weight excluding hydrogens is 292 g/mol. The van der Waals surface area contributed by atoms with E-state index in [0.717, 1.165) is 0 Å². The van der Waals surface area contributed by atoms with E-state index in [1.807, 2.05) is 0 Å². The van der Waals surface area contributed by atoms with Gasteiger partial charge in [-0.2, -0.15) is 0 Å². The highest BCUT2D eigenvalue weighted by Gasteiger charge is 2.44. The van der Waals surface area contributed by atoms with Gasteiger partial charge in [-0.05, 0) is 0 Å². The highest BCUT2D eigenvalue weighted by atomic mass is 16.7. The molecule has 1 heterocycles. The first-order valence-corrected chi connectivity index (χ1v) is 6.40. The number of aliphatic hydroxyl groups excluding tert-OH is 8. The predicted molar refractivity (Wildman–Crippen MR) is 64.8 cm³/mol. The van der Waals surface area contributed by atoms with Gasteiger partial charge in [-0.25, -0.2) is 0 Å². The second kappa shape index (κ2) is 8.29. The Balaban J connectivity index is 2.53. The van der Waals surface area contributed by atoms with Gasteiger partial charge >= 0.3 is 0 Å². The maximum atomic E-state index is 9.65. The zero-order valence-corrected chi connectivity index (χ0v) is 11.1. The molecule has 0 unspecified atom stereocenters. The van der Waals surface area contributed by atoms with E-state index in [0.29, 0.717) is 0 Å². The molecule has 1 aliphatic heterocycles. The van der Waals surface area contributed by atoms with E-state index in [2.05, 4.69) is 0 Å². The first-order chi connectivity index (χ1) is 9.83. The lowest BCUT2D eigenvalue weighted by Gasteiger charge is -2.40. The van der Waals surface area contributed by atoms with E-state index < -0.39 is 68.8 Å². The monoisotopic (exact) mass is 314 g/mol. The maximum absolute atomic E-state index is 9.65. The van der Waals surface area contributed by atoms with Gasteiger partial charge in [-0.15, -0.1) is 0 Å². The van der Waals surface area contributed by atoms with Gasteiger partial charge in [0.1, 0.15) is 42.7 Å². The van der Waals surface area contributed by atoms with Crippen molar-refractivity contribution in [2.45, 2.75) is 49.0 Å². The van der Waals surface area contributed by atoms with Crippen molar-refractivity contribution in [1.82, 2.24) is 0 Å². The molecule has 21 heavy (non-hydrogen) atoms. The Morgan fingerprint density at radius 1 is 0.905 bits per heavy atom. The number of rotatable bonds is 7. The fraction of sp³-hybridized carbons (Fsp3) is 1.00. The molecule has 1 rings (SSSR count). The molecular formula is C11H22O10. The fourth-order valence-electron chi connectivity index (χ4n) is 1.86. The average molecular weight is 314 g/mol. The molecule has 8 N–H and O–H groups in total. The minimum absolute atomic E-state index is 0.582. The Labute approximate surface area is 120 Å². The van der Waals surface area contributed by atoms with Gasteiger partial charge in [0, 0.05) is 0 Å². The largest absolute Gasteiger partial charge is 0.394 e. The minimum Gasteiger partial charge on any atom is -0.394 e. The van der Waals surface area contributed by atoms with Gasteiger partial charge in [0.15, 0.2) is 6.29 Å². The third-order valence-electron chi connectivity index (χ3n) is 3.26. The molecule has 1 aliphatic rings. The lowest BCUT2D eigenvalue weighted by Crippen LogP contribution is -2.59. The van der Waals surface area contributed by atoms with Crippen LogP contribution in [0, 0.1) is 0 Å². The van der Waals surface area contributed by atoms with Gasteiger partial charge in [0.25, 0.3) is 0 Å². The van der Waals surface area contributed by atoms with Crippen molar-refractivity contribution in [2.24, 2.45) is 0 Å². The van der Waals surface area contributed by atoms with Crippen molar-refractivity contribution < 1.29 is 50.3 Å². The maximum Gasteiger partial charge on any atom is 0.186 e. The Bertz CT molecular complexity index is 301. The van der Waals surface area contributed by atoms with Crippen molar-refractivity contribution in [3.63, 3.8) is 0 Å². The van der Waals surface area contributed by atoms with Gasteiger partial charge in [-0.1, -0.05) is 0 Å². The van der Waals surface area contributed by atoms with Crippen LogP contribution in [-0.2, 0) is 9.47 Å². The number of aliphatic hydroxyl groups is 8. The van der Waals surface area contributed by atoms with Crippen LogP contribution < -0.4 is 0 Å². The molecule has 1 saturated heterocycles. The lowest BCUT2D eigenvalue weighted by atomic mass is 9.99. The highest BCUT2D eigenvalue weighted by Crippen LogP contribution is 2.22. The zero-order chi connectivity index (χ0) is 16.2. The van der Waals surface area contributed by atoms with Crippen LogP contribution in [0.15, 0.2) is 0 Å². The first kappa shape index (κ1) is 18.6. The summed E-state index contributed by atoms with van der Waals surface area (Å²) in [7, 11) is 0. The van der Waals surface area contributed by atoms with Crippen LogP contribution in [-0.4, -0.2) is 110 Å². The molecule has 10 nitrogen and oxygen atoms in total. The summed E-state index contributed by atoms with van der Waals surface area (Å²) in [5, 5.41) is 74.4. The van der Waals surface area contributed by atoms with Crippen LogP contribution in [0.1, 0.15) is 0 Å². The standard InChI is InChI=1S/C11H22O10/c12-1-4(14)7(16)5(15)3-20-11-10(19)9(18)8(17)6(2-13)21-11/h4-19H,1-3H2/t4-,5-,6-,7+,8+,9+,10-,11+/m1/s1. The number of hydrogen-bond donors (Lipinski definition) is 8. The molecule has 0 bridgehead atoms. The van der Waals surface area contributed by atoms with Crippen LogP contribution in [0.2, 0.25) is 0 Å². The van der Waals surface area contributed by atoms with Crippen molar-refractivity contribution in [3.05, 3.63) is 0 Å². The second-order valence-electron chi connectivity index (χ2n) is 4.84. The Morgan fingerprint density at radius 3 is 2.05 bits per heavy atom. The molecule has 0 aliphatic carbocycles. The van der Waals surface area contributed by atoms with Crippen LogP contribution in [0.25, 0.3) is 0 Å². The second-order valence-corrected chi connectivity index (χ2v) is 4.84. The van der Waals surface area contributed by atoms with Crippen molar-refractivity contribution in [2.75, 3.05) is 19.8 Å². The first-order valence-electron chi connectivity index (χ1n) is 6.40. The van der Waals surface area contributed by atoms with Crippen LogP contribution in [0.3, 0.4) is 0 Å². The van der Waals surface area contributed by atoms with E-state index in [1.54, 1.807) is 0 Å². The van der Waals surface area contributed by atoms with E-state index in [1.165, 1.54) is 0 Å². The summed E-state index contributed by atoms with van der Waals surface area (Å²) in [5.41, 5.74) is 0. The summed E-state index contributed by atoms with van der Waals surface area (Å²) in [6.07, 6.45) is -12.2. The molecule has 0 radical (unpaired) electrons. The van der Waals surface area contributed by atoms with E-state index in [-0.39, 0.29) is 0 Å². The molecule has 0 aromatic rings. The molecule has 126 valence electrons. The van der Waals surface area contributed by atoms with Crippen LogP contribution in [0.5, 0.6) is 0 Å². The van der Waals surface area contributed by atoms with Crippen LogP contribution >= 0.6 is 0 Å². The van der Waals surface area contributed by atoms with Gasteiger partial charge in [-0.3, -0.25) is 0 Å². The third kappa shape index (κ3) is 4.53. The van der Waals surface area contributed by atoms with Crippen LogP contribution in [0.4, 0.5) is 0 Å². The van der Waals surface area contributed by atoms with E-state index in [9.17, 15) is 25.5 Å². The molecule has 10 heteroatoms. The topological polar surface area (TPSA) is 180 Å². The molecule has 8 atom stereocenters. The van der Waals surface area contributed by atoms with E-state index in [4.69, 9.17) is 24.8 Å². The Morgan fingerprint density at radius 2 is 1.52 bits per heavy atom. The lowest BCUT2D eigenvalue weighted by molar-refractivity contribution is -0.306. The zero-order valence-electron chi connectivity index (χ0n) is 11.1. The molecule has 0 aromatic carbocycles. The molecule has 0 amide bonds. The molecule has 0 aromatic heterocycles. The summed E-state index contributed by atoms with van der Waals surface area (Å²) in [4.78, 5) is 0. The van der Waals surface area contributed by atoms with Gasteiger partial charge in [0.05, 0.1) is 19.8 Å². The normalized spacial score (nSPS) is 38.0. The van der Waals surface area contributed by atoms with Crippen molar-refractivity contribution >= 4 is 0 Å². The molecule has 0 spiro atoms. The summed E-state index contributed by atoms with van der Waals surface area (Å²) in [6.45, 7) is -1.97. The number of ether oxygens (including phenoxy) is 2. The average Bonchev–Trinajstić information content (AvgIpc) is 2.50. The Hall–Kier alpha value is -0.400. The van der Waals surface area contributed by atoms with Crippen molar-refractivity contribution in [1.29, 1.82) is 0 Å². The van der Waals surface area contributed by atoms with E-state index >= 15 is 0 Å². The summed E-state index contributed by atoms with van der Waals surface area (Å²) < 4.78 is 9.98. The highest BCUT2D eigenvalue weighted by molar-refractivity contribution is 4.89. The van der Waals surface area contributed by atoms with Gasteiger partial charge in [0.2, 0.25) is 0 Å². The van der Waals surface area contributed by atoms with Gasteiger partial charge < -0.3 is 50.3 Å². The van der Waals surface area contributed by atoms with Crippen molar-refractivity contribution in [3.8, 4) is 0 Å². The summed E-state index contributed by atoms with van der Waals surface area (Å²) >= 11 is 0. The fourth-order valence-corrected chi connectivity index (χ4v) is 1.86. The number of hydrogen-bond acceptors (Lipinski definition) is 10. The SMILES string of the molecule is OC[C@@H](O)[C@H](O)[C@H](O)CO[C@H]1O[C@H](CO)[C@H](O)[C@H](O)[C@H]1O. The Kier molecular flexibility index (Phi) is 7.36. The molecule has 1 fully saturated rings. The molecule has 0 saturated carbocycles. The quantitative estimate of drug-likeness (QED) is 0.226. The smallest absolute Gasteiger partial charge is 0.186 e.